The fraction of sp³-hybridized carbons (Fsp3) is 0.429. The van der Waals surface area contributed by atoms with E-state index in [1.165, 1.54) is 12.8 Å². The second-order valence-corrected chi connectivity index (χ2v) is 4.97. The minimum absolute atomic E-state index is 0.134. The van der Waals surface area contributed by atoms with Gasteiger partial charge in [0.15, 0.2) is 0 Å². The SMILES string of the molecule is Cc1ccc(NC2CC3CC=CC32)c(F)c1. The van der Waals surface area contributed by atoms with Crippen LogP contribution in [0, 0.1) is 24.6 Å². The summed E-state index contributed by atoms with van der Waals surface area (Å²) in [6.45, 7) is 1.91. The second-order valence-electron chi connectivity index (χ2n) is 4.97. The highest BCUT2D eigenvalue weighted by atomic mass is 19.1. The van der Waals surface area contributed by atoms with Crippen molar-refractivity contribution in [1.82, 2.24) is 0 Å². The summed E-state index contributed by atoms with van der Waals surface area (Å²) in [6.07, 6.45) is 6.91. The number of hydrogen-bond donors (Lipinski definition) is 1. The number of anilines is 1. The first-order chi connectivity index (χ1) is 7.74. The lowest BCUT2D eigenvalue weighted by atomic mass is 9.71. The van der Waals surface area contributed by atoms with Gasteiger partial charge in [-0.3, -0.25) is 0 Å². The number of rotatable bonds is 2. The number of nitrogens with one attached hydrogen (secondary N) is 1. The molecule has 0 aromatic heterocycles. The third kappa shape index (κ3) is 1.53. The first-order valence-corrected chi connectivity index (χ1v) is 5.93. The molecule has 2 aliphatic carbocycles. The Morgan fingerprint density at radius 1 is 1.38 bits per heavy atom. The van der Waals surface area contributed by atoms with Gasteiger partial charge in [-0.15, -0.1) is 0 Å². The van der Waals surface area contributed by atoms with Crippen molar-refractivity contribution in [3.63, 3.8) is 0 Å². The molecule has 0 saturated heterocycles. The van der Waals surface area contributed by atoms with Crippen molar-refractivity contribution < 1.29 is 4.39 Å². The zero-order chi connectivity index (χ0) is 11.1. The molecule has 3 atom stereocenters. The number of benzene rings is 1. The highest BCUT2D eigenvalue weighted by Gasteiger charge is 2.41. The summed E-state index contributed by atoms with van der Waals surface area (Å²) in [5, 5.41) is 3.32. The van der Waals surface area contributed by atoms with Crippen LogP contribution in [0.4, 0.5) is 10.1 Å². The number of aryl methyl sites for hydroxylation is 1. The second kappa shape index (κ2) is 3.62. The summed E-state index contributed by atoms with van der Waals surface area (Å²) >= 11 is 0. The quantitative estimate of drug-likeness (QED) is 0.747. The lowest BCUT2D eigenvalue weighted by Crippen LogP contribution is -2.43. The van der Waals surface area contributed by atoms with Gasteiger partial charge in [-0.25, -0.2) is 4.39 Å². The van der Waals surface area contributed by atoms with Gasteiger partial charge in [-0.2, -0.15) is 0 Å². The highest BCUT2D eigenvalue weighted by Crippen LogP contribution is 2.44. The molecule has 1 aromatic rings. The van der Waals surface area contributed by atoms with E-state index in [1.54, 1.807) is 6.07 Å². The van der Waals surface area contributed by atoms with Crippen LogP contribution in [0.2, 0.25) is 0 Å². The van der Waals surface area contributed by atoms with E-state index < -0.39 is 0 Å². The third-order valence-electron chi connectivity index (χ3n) is 3.83. The smallest absolute Gasteiger partial charge is 0.146 e. The van der Waals surface area contributed by atoms with Crippen LogP contribution in [0.25, 0.3) is 0 Å². The summed E-state index contributed by atoms with van der Waals surface area (Å²) in [6, 6.07) is 5.81. The van der Waals surface area contributed by atoms with Gasteiger partial charge in [-0.05, 0) is 43.4 Å². The third-order valence-corrected chi connectivity index (χ3v) is 3.83. The molecule has 1 fully saturated rings. The first kappa shape index (κ1) is 9.88. The maximum Gasteiger partial charge on any atom is 0.146 e. The lowest BCUT2D eigenvalue weighted by molar-refractivity contribution is 0.217. The average Bonchev–Trinajstić information content (AvgIpc) is 2.59. The van der Waals surface area contributed by atoms with Gasteiger partial charge in [0.1, 0.15) is 5.82 Å². The van der Waals surface area contributed by atoms with Gasteiger partial charge < -0.3 is 5.32 Å². The maximum atomic E-state index is 13.6. The molecule has 1 nitrogen and oxygen atoms in total. The zero-order valence-corrected chi connectivity index (χ0v) is 9.41. The van der Waals surface area contributed by atoms with Gasteiger partial charge >= 0.3 is 0 Å². The van der Waals surface area contributed by atoms with E-state index in [-0.39, 0.29) is 5.82 Å². The molecule has 2 heteroatoms. The van der Waals surface area contributed by atoms with Crippen molar-refractivity contribution in [3.05, 3.63) is 41.7 Å². The van der Waals surface area contributed by atoms with Gasteiger partial charge in [0, 0.05) is 12.0 Å². The van der Waals surface area contributed by atoms with Crippen LogP contribution in [-0.4, -0.2) is 6.04 Å². The predicted molar refractivity (Wildman–Crippen MR) is 63.9 cm³/mol. The molecule has 16 heavy (non-hydrogen) atoms. The Balaban J connectivity index is 1.73. The summed E-state index contributed by atoms with van der Waals surface area (Å²) < 4.78 is 13.6. The van der Waals surface area contributed by atoms with Crippen LogP contribution in [-0.2, 0) is 0 Å². The Morgan fingerprint density at radius 3 is 3.00 bits per heavy atom. The molecule has 0 radical (unpaired) electrons. The standard InChI is InChI=1S/C14H16FN/c1-9-5-6-13(12(15)7-9)16-14-8-10-3-2-4-11(10)14/h2,4-7,10-11,14,16H,3,8H2,1H3. The predicted octanol–water partition coefficient (Wildman–Crippen LogP) is 3.51. The molecule has 84 valence electrons. The Kier molecular flexibility index (Phi) is 2.23. The minimum Gasteiger partial charge on any atom is -0.379 e. The van der Waals surface area contributed by atoms with Crippen LogP contribution >= 0.6 is 0 Å². The molecule has 1 N–H and O–H groups in total. The summed E-state index contributed by atoms with van der Waals surface area (Å²) in [7, 11) is 0. The van der Waals surface area contributed by atoms with E-state index in [1.807, 2.05) is 19.1 Å². The molecular formula is C14H16FN. The molecule has 2 aliphatic rings. The Morgan fingerprint density at radius 2 is 2.25 bits per heavy atom. The topological polar surface area (TPSA) is 12.0 Å². The fourth-order valence-corrected chi connectivity index (χ4v) is 2.82. The summed E-state index contributed by atoms with van der Waals surface area (Å²) in [4.78, 5) is 0. The Labute approximate surface area is 95.4 Å². The normalized spacial score (nSPS) is 31.0. The van der Waals surface area contributed by atoms with Crippen molar-refractivity contribution in [3.8, 4) is 0 Å². The van der Waals surface area contributed by atoms with Crippen molar-refractivity contribution in [1.29, 1.82) is 0 Å². The molecular weight excluding hydrogens is 201 g/mol. The maximum absolute atomic E-state index is 13.6. The van der Waals surface area contributed by atoms with Crippen molar-refractivity contribution >= 4 is 5.69 Å². The van der Waals surface area contributed by atoms with Crippen molar-refractivity contribution in [2.75, 3.05) is 5.32 Å². The average molecular weight is 217 g/mol. The number of allylic oxidation sites excluding steroid dienone is 1. The first-order valence-electron chi connectivity index (χ1n) is 5.93. The van der Waals surface area contributed by atoms with E-state index in [9.17, 15) is 4.39 Å². The van der Waals surface area contributed by atoms with E-state index >= 15 is 0 Å². The van der Waals surface area contributed by atoms with Crippen LogP contribution < -0.4 is 5.32 Å². The van der Waals surface area contributed by atoms with Gasteiger partial charge in [0.2, 0.25) is 0 Å². The Hall–Kier alpha value is -1.31. The number of halogens is 1. The fourth-order valence-electron chi connectivity index (χ4n) is 2.82. The van der Waals surface area contributed by atoms with E-state index in [4.69, 9.17) is 0 Å². The monoisotopic (exact) mass is 217 g/mol. The van der Waals surface area contributed by atoms with Crippen LogP contribution in [0.1, 0.15) is 18.4 Å². The van der Waals surface area contributed by atoms with E-state index in [0.29, 0.717) is 17.6 Å². The van der Waals surface area contributed by atoms with Gasteiger partial charge in [0.25, 0.3) is 0 Å². The van der Waals surface area contributed by atoms with Crippen LogP contribution in [0.3, 0.4) is 0 Å². The summed E-state index contributed by atoms with van der Waals surface area (Å²) in [5.41, 5.74) is 1.62. The Bertz CT molecular complexity index is 438. The molecule has 3 rings (SSSR count). The van der Waals surface area contributed by atoms with Crippen molar-refractivity contribution in [2.45, 2.75) is 25.8 Å². The van der Waals surface area contributed by atoms with E-state index in [0.717, 1.165) is 11.5 Å². The number of fused-ring (bicyclic) bond motifs is 1. The highest BCUT2D eigenvalue weighted by molar-refractivity contribution is 5.48. The molecule has 1 aromatic carbocycles. The van der Waals surface area contributed by atoms with Crippen molar-refractivity contribution in [2.24, 2.45) is 11.8 Å². The minimum atomic E-state index is -0.134. The van der Waals surface area contributed by atoms with Crippen LogP contribution in [0.5, 0.6) is 0 Å². The van der Waals surface area contributed by atoms with Gasteiger partial charge in [0.05, 0.1) is 5.69 Å². The summed E-state index contributed by atoms with van der Waals surface area (Å²) in [5.74, 6) is 1.30. The van der Waals surface area contributed by atoms with Crippen LogP contribution in [0.15, 0.2) is 30.4 Å². The molecule has 0 amide bonds. The van der Waals surface area contributed by atoms with Gasteiger partial charge in [-0.1, -0.05) is 18.2 Å². The molecule has 1 saturated carbocycles. The molecule has 0 spiro atoms. The zero-order valence-electron chi connectivity index (χ0n) is 9.41. The molecule has 0 bridgehead atoms. The molecule has 3 unspecified atom stereocenters. The molecule has 0 heterocycles. The largest absolute Gasteiger partial charge is 0.379 e. The number of hydrogen-bond acceptors (Lipinski definition) is 1. The lowest BCUT2D eigenvalue weighted by Gasteiger charge is -2.41. The van der Waals surface area contributed by atoms with E-state index in [2.05, 4.69) is 17.5 Å². The molecule has 0 aliphatic heterocycles.